The fraction of sp³-hybridized carbons (Fsp3) is 0.692. The monoisotopic (exact) mass is 289 g/mol. The first-order valence-electron chi connectivity index (χ1n) is 6.30. The molecule has 3 nitrogen and oxygen atoms in total. The van der Waals surface area contributed by atoms with Crippen molar-refractivity contribution in [3.8, 4) is 0 Å². The van der Waals surface area contributed by atoms with Crippen LogP contribution in [-0.2, 0) is 16.4 Å². The second kappa shape index (κ2) is 6.68. The van der Waals surface area contributed by atoms with E-state index in [1.54, 1.807) is 18.3 Å². The van der Waals surface area contributed by atoms with Crippen molar-refractivity contribution < 1.29 is 8.42 Å². The normalized spacial score (nSPS) is 14.1. The molecule has 0 bridgehead atoms. The van der Waals surface area contributed by atoms with Crippen LogP contribution in [0.1, 0.15) is 30.5 Å². The zero-order valence-electron chi connectivity index (χ0n) is 11.6. The van der Waals surface area contributed by atoms with Crippen LogP contribution in [0.4, 0.5) is 0 Å². The van der Waals surface area contributed by atoms with E-state index in [2.05, 4.69) is 24.4 Å². The first-order valence-corrected chi connectivity index (χ1v) is 8.83. The predicted molar refractivity (Wildman–Crippen MR) is 78.8 cm³/mol. The number of thiophene rings is 1. The van der Waals surface area contributed by atoms with Gasteiger partial charge in [-0.05, 0) is 31.9 Å². The second-order valence-electron chi connectivity index (χ2n) is 5.01. The molecule has 18 heavy (non-hydrogen) atoms. The third-order valence-corrected chi connectivity index (χ3v) is 6.61. The van der Waals surface area contributed by atoms with Gasteiger partial charge in [0.2, 0.25) is 0 Å². The van der Waals surface area contributed by atoms with Gasteiger partial charge in [-0.1, -0.05) is 13.8 Å². The maximum Gasteiger partial charge on any atom is 0.154 e. The van der Waals surface area contributed by atoms with E-state index in [1.165, 1.54) is 9.75 Å². The van der Waals surface area contributed by atoms with Gasteiger partial charge in [0.25, 0.3) is 0 Å². The summed E-state index contributed by atoms with van der Waals surface area (Å²) in [7, 11) is -2.97. The molecule has 1 atom stereocenters. The van der Waals surface area contributed by atoms with Crippen molar-refractivity contribution in [3.63, 3.8) is 0 Å². The van der Waals surface area contributed by atoms with Crippen molar-refractivity contribution in [1.82, 2.24) is 5.32 Å². The lowest BCUT2D eigenvalue weighted by Gasteiger charge is -2.16. The van der Waals surface area contributed by atoms with E-state index >= 15 is 0 Å². The van der Waals surface area contributed by atoms with E-state index < -0.39 is 9.84 Å². The van der Waals surface area contributed by atoms with E-state index in [1.807, 2.05) is 13.8 Å². The van der Waals surface area contributed by atoms with Crippen molar-refractivity contribution in [2.75, 3.05) is 12.3 Å². The highest BCUT2D eigenvalue weighted by Crippen LogP contribution is 2.15. The molecule has 0 fully saturated rings. The molecule has 104 valence electrons. The van der Waals surface area contributed by atoms with Crippen LogP contribution >= 0.6 is 11.3 Å². The second-order valence-corrected chi connectivity index (χ2v) is 8.86. The van der Waals surface area contributed by atoms with Gasteiger partial charge in [-0.15, -0.1) is 11.3 Å². The molecule has 1 rings (SSSR count). The topological polar surface area (TPSA) is 46.2 Å². The maximum absolute atomic E-state index is 12.0. The van der Waals surface area contributed by atoms with Crippen molar-refractivity contribution in [2.45, 2.75) is 39.5 Å². The van der Waals surface area contributed by atoms with E-state index in [9.17, 15) is 8.42 Å². The van der Waals surface area contributed by atoms with Gasteiger partial charge in [-0.2, -0.15) is 0 Å². The minimum atomic E-state index is -2.97. The van der Waals surface area contributed by atoms with Crippen LogP contribution in [0.25, 0.3) is 0 Å². The molecule has 0 saturated carbocycles. The van der Waals surface area contributed by atoms with Crippen molar-refractivity contribution in [2.24, 2.45) is 5.92 Å². The first kappa shape index (κ1) is 15.7. The zero-order chi connectivity index (χ0) is 13.8. The Kier molecular flexibility index (Phi) is 5.82. The van der Waals surface area contributed by atoms with Crippen LogP contribution in [0, 0.1) is 12.8 Å². The van der Waals surface area contributed by atoms with E-state index in [-0.39, 0.29) is 16.9 Å². The first-order chi connectivity index (χ1) is 8.33. The number of aryl methyl sites for hydroxylation is 1. The molecule has 1 aromatic heterocycles. The molecule has 1 aromatic rings. The fourth-order valence-corrected chi connectivity index (χ4v) is 4.10. The molecule has 0 aliphatic heterocycles. The lowest BCUT2D eigenvalue weighted by molar-refractivity contribution is 0.543. The Morgan fingerprint density at radius 2 is 1.94 bits per heavy atom. The Labute approximate surface area is 115 Å². The van der Waals surface area contributed by atoms with E-state index in [4.69, 9.17) is 0 Å². The van der Waals surface area contributed by atoms with Gasteiger partial charge in [0, 0.05) is 22.8 Å². The number of nitrogens with one attached hydrogen (secondary N) is 1. The molecule has 0 aliphatic rings. The van der Waals surface area contributed by atoms with Gasteiger partial charge in [0.05, 0.1) is 11.0 Å². The molecular formula is C13H23NO2S2. The molecule has 1 N–H and O–H groups in total. The zero-order valence-corrected chi connectivity index (χ0v) is 13.2. The number of hydrogen-bond donors (Lipinski definition) is 1. The molecule has 1 unspecified atom stereocenters. The highest BCUT2D eigenvalue weighted by molar-refractivity contribution is 7.92. The van der Waals surface area contributed by atoms with E-state index in [0.29, 0.717) is 6.54 Å². The highest BCUT2D eigenvalue weighted by atomic mass is 32.2. The molecule has 5 heteroatoms. The summed E-state index contributed by atoms with van der Waals surface area (Å²) in [5, 5.41) is 2.94. The van der Waals surface area contributed by atoms with Gasteiger partial charge < -0.3 is 5.32 Å². The summed E-state index contributed by atoms with van der Waals surface area (Å²) in [6.45, 7) is 9.04. The summed E-state index contributed by atoms with van der Waals surface area (Å²) in [6, 6.07) is 4.16. The van der Waals surface area contributed by atoms with Crippen molar-refractivity contribution in [1.29, 1.82) is 0 Å². The Morgan fingerprint density at radius 1 is 1.28 bits per heavy atom. The summed E-state index contributed by atoms with van der Waals surface area (Å²) in [4.78, 5) is 2.54. The highest BCUT2D eigenvalue weighted by Gasteiger charge is 2.22. The van der Waals surface area contributed by atoms with Crippen molar-refractivity contribution >= 4 is 21.2 Å². The number of sulfone groups is 1. The minimum Gasteiger partial charge on any atom is -0.311 e. The summed E-state index contributed by atoms with van der Waals surface area (Å²) in [5.41, 5.74) is 0. The molecule has 0 spiro atoms. The number of rotatable bonds is 7. The van der Waals surface area contributed by atoms with Crippen LogP contribution in [0.3, 0.4) is 0 Å². The van der Waals surface area contributed by atoms with Gasteiger partial charge in [0.1, 0.15) is 0 Å². The summed E-state index contributed by atoms with van der Waals surface area (Å²) < 4.78 is 23.9. The summed E-state index contributed by atoms with van der Waals surface area (Å²) in [6.07, 6.45) is 0. The minimum absolute atomic E-state index is 0.176. The van der Waals surface area contributed by atoms with Crippen LogP contribution < -0.4 is 5.32 Å². The average Bonchev–Trinajstić information content (AvgIpc) is 2.69. The molecule has 0 amide bonds. The Balaban J connectivity index is 2.33. The Hall–Kier alpha value is -0.390. The summed E-state index contributed by atoms with van der Waals surface area (Å²) >= 11 is 1.74. The standard InChI is InChI=1S/C13H23NO2S2/c1-10(2)12(4)18(15,16)8-7-14-9-13-6-5-11(3)17-13/h5-6,10,12,14H,7-9H2,1-4H3. The molecule has 0 aliphatic carbocycles. The van der Waals surface area contributed by atoms with E-state index in [0.717, 1.165) is 6.54 Å². The SMILES string of the molecule is Cc1ccc(CNCCS(=O)(=O)C(C)C(C)C)s1. The molecule has 0 radical (unpaired) electrons. The molecule has 0 aromatic carbocycles. The van der Waals surface area contributed by atoms with Crippen LogP contribution in [0.15, 0.2) is 12.1 Å². The average molecular weight is 289 g/mol. The lowest BCUT2D eigenvalue weighted by Crippen LogP contribution is -2.31. The molecule has 1 heterocycles. The largest absolute Gasteiger partial charge is 0.311 e. The Bertz CT molecular complexity index is 463. The lowest BCUT2D eigenvalue weighted by atomic mass is 10.2. The van der Waals surface area contributed by atoms with Crippen LogP contribution in [-0.4, -0.2) is 26.0 Å². The maximum atomic E-state index is 12.0. The van der Waals surface area contributed by atoms with Gasteiger partial charge in [-0.25, -0.2) is 8.42 Å². The third kappa shape index (κ3) is 4.71. The van der Waals surface area contributed by atoms with Crippen LogP contribution in [0.2, 0.25) is 0 Å². The third-order valence-electron chi connectivity index (χ3n) is 3.16. The molecule has 0 saturated heterocycles. The smallest absolute Gasteiger partial charge is 0.154 e. The summed E-state index contributed by atoms with van der Waals surface area (Å²) in [5.74, 6) is 0.395. The van der Waals surface area contributed by atoms with Gasteiger partial charge in [-0.3, -0.25) is 0 Å². The quantitative estimate of drug-likeness (QED) is 0.785. The Morgan fingerprint density at radius 3 is 2.44 bits per heavy atom. The van der Waals surface area contributed by atoms with Gasteiger partial charge >= 0.3 is 0 Å². The van der Waals surface area contributed by atoms with Crippen LogP contribution in [0.5, 0.6) is 0 Å². The number of hydrogen-bond acceptors (Lipinski definition) is 4. The fourth-order valence-electron chi connectivity index (χ4n) is 1.61. The molecular weight excluding hydrogens is 266 g/mol. The van der Waals surface area contributed by atoms with Gasteiger partial charge in [0.15, 0.2) is 9.84 Å². The van der Waals surface area contributed by atoms with Crippen molar-refractivity contribution in [3.05, 3.63) is 21.9 Å². The predicted octanol–water partition coefficient (Wildman–Crippen LogP) is 2.61.